The molecule has 116 valence electrons. The molecule has 0 amide bonds. The maximum atomic E-state index is 12.3. The van der Waals surface area contributed by atoms with Gasteiger partial charge < -0.3 is 4.90 Å². The normalized spacial score (nSPS) is 13.1. The summed E-state index contributed by atoms with van der Waals surface area (Å²) in [5.41, 5.74) is 0.0275. The van der Waals surface area contributed by atoms with Crippen molar-refractivity contribution in [2.24, 2.45) is 4.99 Å². The first-order valence-corrected chi connectivity index (χ1v) is 7.15. The molecule has 0 saturated carbocycles. The van der Waals surface area contributed by atoms with Crippen molar-refractivity contribution in [1.82, 2.24) is 4.90 Å². The van der Waals surface area contributed by atoms with Gasteiger partial charge in [0.15, 0.2) is 0 Å². The summed E-state index contributed by atoms with van der Waals surface area (Å²) in [6.45, 7) is 0. The largest absolute Gasteiger partial charge is 0.400 e. The van der Waals surface area contributed by atoms with Crippen LogP contribution in [0.15, 0.2) is 28.1 Å². The Kier molecular flexibility index (Phi) is 5.66. The van der Waals surface area contributed by atoms with Gasteiger partial charge in [0.25, 0.3) is 0 Å². The Bertz CT molecular complexity index is 699. The first-order valence-electron chi connectivity index (χ1n) is 5.83. The van der Waals surface area contributed by atoms with E-state index in [1.54, 1.807) is 20.2 Å². The van der Waals surface area contributed by atoms with Gasteiger partial charge in [0, 0.05) is 14.1 Å². The van der Waals surface area contributed by atoms with Gasteiger partial charge in [-0.15, -0.1) is 0 Å². The number of nitriles is 2. The number of benzene rings is 1. The lowest BCUT2D eigenvalue weighted by Crippen LogP contribution is -2.20. The summed E-state index contributed by atoms with van der Waals surface area (Å²) < 4.78 is 48.8. The van der Waals surface area contributed by atoms with Gasteiger partial charge in [-0.2, -0.15) is 23.7 Å². The van der Waals surface area contributed by atoms with Gasteiger partial charge in [-0.25, -0.2) is 4.99 Å². The summed E-state index contributed by atoms with van der Waals surface area (Å²) >= 11 is 0. The molecule has 0 spiro atoms. The van der Waals surface area contributed by atoms with E-state index in [1.165, 1.54) is 17.0 Å². The minimum Gasteiger partial charge on any atom is -0.354 e. The highest BCUT2D eigenvalue weighted by molar-refractivity contribution is 7.85. The predicted octanol–water partition coefficient (Wildman–Crippen LogP) is 2.34. The Balaban J connectivity index is 3.29. The van der Waals surface area contributed by atoms with Crippen LogP contribution in [0.5, 0.6) is 0 Å². The number of hydrogen-bond donors (Lipinski definition) is 0. The molecular formula is C13H11F3N4OS. The molecule has 0 aliphatic rings. The number of nitrogens with zero attached hydrogens (tertiary/aromatic N) is 4. The molecule has 1 aromatic carbocycles. The van der Waals surface area contributed by atoms with Crippen molar-refractivity contribution >= 4 is 22.3 Å². The molecule has 0 aliphatic heterocycles. The predicted molar refractivity (Wildman–Crippen MR) is 74.9 cm³/mol. The van der Waals surface area contributed by atoms with Crippen LogP contribution in [0.4, 0.5) is 18.9 Å². The molecule has 0 aliphatic carbocycles. The number of aliphatic imine (C=N–C) groups is 1. The molecule has 1 unspecified atom stereocenters. The standard InChI is InChI=1S/C13H11F3N4OS/c1-20(2)12(7-18)19-10-4-3-9(6-17)11(5-10)22(21)8-13(14,15)16/h3-5H,8H2,1-2H3. The van der Waals surface area contributed by atoms with E-state index in [4.69, 9.17) is 10.5 Å². The van der Waals surface area contributed by atoms with Crippen molar-refractivity contribution in [2.45, 2.75) is 11.1 Å². The van der Waals surface area contributed by atoms with E-state index in [-0.39, 0.29) is 22.0 Å². The first kappa shape index (κ1) is 17.7. The summed E-state index contributed by atoms with van der Waals surface area (Å²) in [4.78, 5) is 5.12. The summed E-state index contributed by atoms with van der Waals surface area (Å²) in [6.07, 6.45) is -4.61. The maximum Gasteiger partial charge on any atom is 0.400 e. The van der Waals surface area contributed by atoms with Crippen molar-refractivity contribution < 1.29 is 17.4 Å². The molecule has 0 radical (unpaired) electrons. The Morgan fingerprint density at radius 2 is 2.00 bits per heavy atom. The average Bonchev–Trinajstić information content (AvgIpc) is 2.42. The van der Waals surface area contributed by atoms with Crippen molar-refractivity contribution in [3.8, 4) is 12.1 Å². The van der Waals surface area contributed by atoms with Crippen LogP contribution < -0.4 is 0 Å². The molecule has 0 bridgehead atoms. The quantitative estimate of drug-likeness (QED) is 0.630. The van der Waals surface area contributed by atoms with E-state index in [9.17, 15) is 17.4 Å². The molecule has 0 N–H and O–H groups in total. The van der Waals surface area contributed by atoms with Gasteiger partial charge in [0.2, 0.25) is 5.84 Å². The zero-order chi connectivity index (χ0) is 16.9. The van der Waals surface area contributed by atoms with Gasteiger partial charge >= 0.3 is 6.18 Å². The Hall–Kier alpha value is -2.39. The van der Waals surface area contributed by atoms with Crippen molar-refractivity contribution in [3.63, 3.8) is 0 Å². The second-order valence-corrected chi connectivity index (χ2v) is 5.76. The smallest absolute Gasteiger partial charge is 0.354 e. The van der Waals surface area contributed by atoms with Crippen LogP contribution in [0, 0.1) is 22.7 Å². The number of hydrogen-bond acceptors (Lipinski definition) is 4. The highest BCUT2D eigenvalue weighted by Crippen LogP contribution is 2.25. The summed E-state index contributed by atoms with van der Waals surface area (Å²) in [5, 5.41) is 17.8. The number of halogens is 3. The topological polar surface area (TPSA) is 80.2 Å². The summed E-state index contributed by atoms with van der Waals surface area (Å²) in [7, 11) is 0.740. The van der Waals surface area contributed by atoms with Gasteiger partial charge in [0.05, 0.1) is 26.9 Å². The molecule has 0 heterocycles. The minimum absolute atomic E-state index is 0.0252. The van der Waals surface area contributed by atoms with Gasteiger partial charge in [-0.1, -0.05) is 0 Å². The lowest BCUT2D eigenvalue weighted by molar-refractivity contribution is -0.105. The van der Waals surface area contributed by atoms with Crippen LogP contribution >= 0.6 is 0 Å². The molecule has 9 heteroatoms. The van der Waals surface area contributed by atoms with E-state index in [0.29, 0.717) is 0 Å². The van der Waals surface area contributed by atoms with Crippen LogP contribution in [-0.4, -0.2) is 41.0 Å². The second kappa shape index (κ2) is 7.05. The molecular weight excluding hydrogens is 317 g/mol. The zero-order valence-electron chi connectivity index (χ0n) is 11.7. The Morgan fingerprint density at radius 3 is 2.45 bits per heavy atom. The fourth-order valence-electron chi connectivity index (χ4n) is 1.43. The van der Waals surface area contributed by atoms with Gasteiger partial charge in [-0.3, -0.25) is 4.21 Å². The van der Waals surface area contributed by atoms with Crippen LogP contribution in [0.3, 0.4) is 0 Å². The fourth-order valence-corrected chi connectivity index (χ4v) is 2.50. The molecule has 1 rings (SSSR count). The van der Waals surface area contributed by atoms with E-state index in [1.807, 2.05) is 6.07 Å². The molecule has 0 saturated heterocycles. The Labute approximate surface area is 127 Å². The fraction of sp³-hybridized carbons (Fsp3) is 0.308. The van der Waals surface area contributed by atoms with Crippen LogP contribution in [-0.2, 0) is 10.8 Å². The third-order valence-corrected chi connectivity index (χ3v) is 3.80. The van der Waals surface area contributed by atoms with Crippen molar-refractivity contribution in [3.05, 3.63) is 23.8 Å². The lowest BCUT2D eigenvalue weighted by atomic mass is 10.2. The third kappa shape index (κ3) is 4.86. The van der Waals surface area contributed by atoms with E-state index >= 15 is 0 Å². The van der Waals surface area contributed by atoms with Gasteiger partial charge in [-0.05, 0) is 18.2 Å². The van der Waals surface area contributed by atoms with Crippen LogP contribution in [0.25, 0.3) is 0 Å². The SMILES string of the molecule is CN(C)C(C#N)=Nc1ccc(C#N)c(S(=O)CC(F)(F)F)c1. The molecule has 0 aromatic heterocycles. The van der Waals surface area contributed by atoms with Gasteiger partial charge in [0.1, 0.15) is 17.9 Å². The van der Waals surface area contributed by atoms with E-state index in [2.05, 4.69) is 4.99 Å². The lowest BCUT2D eigenvalue weighted by Gasteiger charge is -2.10. The molecule has 5 nitrogen and oxygen atoms in total. The second-order valence-electron chi connectivity index (χ2n) is 4.34. The van der Waals surface area contributed by atoms with Crippen LogP contribution in [0.1, 0.15) is 5.56 Å². The third-order valence-electron chi connectivity index (χ3n) is 2.38. The number of rotatable bonds is 3. The molecule has 1 aromatic rings. The number of alkyl halides is 3. The number of amidine groups is 1. The molecule has 1 atom stereocenters. The zero-order valence-corrected chi connectivity index (χ0v) is 12.5. The molecule has 0 fully saturated rings. The monoisotopic (exact) mass is 328 g/mol. The maximum absolute atomic E-state index is 12.3. The molecule has 22 heavy (non-hydrogen) atoms. The minimum atomic E-state index is -4.61. The van der Waals surface area contributed by atoms with Crippen LogP contribution in [0.2, 0.25) is 0 Å². The van der Waals surface area contributed by atoms with Crippen molar-refractivity contribution in [1.29, 1.82) is 10.5 Å². The highest BCUT2D eigenvalue weighted by Gasteiger charge is 2.32. The Morgan fingerprint density at radius 1 is 1.36 bits per heavy atom. The van der Waals surface area contributed by atoms with Crippen molar-refractivity contribution in [2.75, 3.05) is 19.8 Å². The summed E-state index contributed by atoms with van der Waals surface area (Å²) in [6, 6.07) is 7.24. The highest BCUT2D eigenvalue weighted by atomic mass is 32.2. The summed E-state index contributed by atoms with van der Waals surface area (Å²) in [5.74, 6) is -1.52. The average molecular weight is 328 g/mol. The van der Waals surface area contributed by atoms with E-state index in [0.717, 1.165) is 6.07 Å². The van der Waals surface area contributed by atoms with E-state index < -0.39 is 22.7 Å². The first-order chi connectivity index (χ1) is 10.2.